The van der Waals surface area contributed by atoms with Gasteiger partial charge in [0.05, 0.1) is 0 Å². The summed E-state index contributed by atoms with van der Waals surface area (Å²) in [6, 6.07) is 26.8. The van der Waals surface area contributed by atoms with E-state index >= 15 is 0 Å². The molecule has 1 heterocycles. The van der Waals surface area contributed by atoms with Crippen molar-refractivity contribution >= 4 is 44.3 Å². The molecule has 5 aromatic rings. The fraction of sp³-hybridized carbons (Fsp3) is 0. The van der Waals surface area contributed by atoms with Crippen LogP contribution in [0.15, 0.2) is 83.3 Å². The Balaban J connectivity index is 1.99. The van der Waals surface area contributed by atoms with Crippen molar-refractivity contribution in [1.29, 1.82) is 0 Å². The summed E-state index contributed by atoms with van der Waals surface area (Å²) in [4.78, 5) is 0. The van der Waals surface area contributed by atoms with Crippen molar-refractivity contribution in [1.82, 2.24) is 0 Å². The van der Waals surface area contributed by atoms with Gasteiger partial charge in [-0.2, -0.15) is 0 Å². The van der Waals surface area contributed by atoms with E-state index in [1.807, 2.05) is 42.5 Å². The molecule has 0 atom stereocenters. The highest BCUT2D eigenvalue weighted by Gasteiger charge is 2.15. The standard InChI is InChI=1S/C22H13ClO/c23-16-12-19(14-6-2-1-3-7-14)21-18-11-10-15-8-4-5-9-17(15)22(18)24-20(21)13-16/h1-13H. The predicted molar refractivity (Wildman–Crippen MR) is 102 cm³/mol. The molecule has 0 radical (unpaired) electrons. The van der Waals surface area contributed by atoms with E-state index < -0.39 is 0 Å². The lowest BCUT2D eigenvalue weighted by Crippen LogP contribution is -1.80. The van der Waals surface area contributed by atoms with E-state index in [0.717, 1.165) is 38.5 Å². The van der Waals surface area contributed by atoms with E-state index in [2.05, 4.69) is 36.4 Å². The number of furan rings is 1. The van der Waals surface area contributed by atoms with Crippen LogP contribution in [0.4, 0.5) is 0 Å². The van der Waals surface area contributed by atoms with Crippen molar-refractivity contribution in [2.24, 2.45) is 0 Å². The summed E-state index contributed by atoms with van der Waals surface area (Å²) < 4.78 is 6.22. The zero-order valence-electron chi connectivity index (χ0n) is 12.8. The molecule has 24 heavy (non-hydrogen) atoms. The Hall–Kier alpha value is -2.77. The van der Waals surface area contributed by atoms with Crippen LogP contribution >= 0.6 is 11.6 Å². The third-order valence-electron chi connectivity index (χ3n) is 4.51. The first-order valence-electron chi connectivity index (χ1n) is 7.90. The molecule has 0 aliphatic carbocycles. The van der Waals surface area contributed by atoms with Crippen molar-refractivity contribution in [2.45, 2.75) is 0 Å². The van der Waals surface area contributed by atoms with Crippen LogP contribution in [0.2, 0.25) is 5.02 Å². The van der Waals surface area contributed by atoms with Crippen molar-refractivity contribution in [3.63, 3.8) is 0 Å². The molecule has 114 valence electrons. The quantitative estimate of drug-likeness (QED) is 0.321. The minimum absolute atomic E-state index is 0.685. The van der Waals surface area contributed by atoms with Crippen LogP contribution in [0.1, 0.15) is 0 Å². The molecule has 5 rings (SSSR count). The highest BCUT2D eigenvalue weighted by Crippen LogP contribution is 2.40. The second-order valence-corrected chi connectivity index (χ2v) is 6.39. The summed E-state index contributed by atoms with van der Waals surface area (Å²) >= 11 is 6.36. The number of halogens is 1. The van der Waals surface area contributed by atoms with Crippen LogP contribution in [0.5, 0.6) is 0 Å². The molecule has 0 spiro atoms. The summed E-state index contributed by atoms with van der Waals surface area (Å²) in [6.45, 7) is 0. The molecule has 0 unspecified atom stereocenters. The molecule has 1 aromatic heterocycles. The molecule has 0 saturated carbocycles. The minimum Gasteiger partial charge on any atom is -0.455 e. The second kappa shape index (κ2) is 5.12. The first-order chi connectivity index (χ1) is 11.8. The summed E-state index contributed by atoms with van der Waals surface area (Å²) in [6.07, 6.45) is 0. The van der Waals surface area contributed by atoms with Gasteiger partial charge in [-0.05, 0) is 28.6 Å². The Morgan fingerprint density at radius 1 is 0.708 bits per heavy atom. The van der Waals surface area contributed by atoms with Gasteiger partial charge < -0.3 is 4.42 Å². The molecule has 0 saturated heterocycles. The molecule has 0 fully saturated rings. The Kier molecular flexibility index (Phi) is 2.91. The van der Waals surface area contributed by atoms with Gasteiger partial charge >= 0.3 is 0 Å². The smallest absolute Gasteiger partial charge is 0.143 e. The third-order valence-corrected chi connectivity index (χ3v) is 4.73. The normalized spacial score (nSPS) is 11.5. The fourth-order valence-corrected chi connectivity index (χ4v) is 3.65. The van der Waals surface area contributed by atoms with Gasteiger partial charge in [0.15, 0.2) is 0 Å². The van der Waals surface area contributed by atoms with E-state index in [1.54, 1.807) is 0 Å². The Morgan fingerprint density at radius 3 is 2.38 bits per heavy atom. The van der Waals surface area contributed by atoms with Gasteiger partial charge in [0, 0.05) is 27.2 Å². The first-order valence-corrected chi connectivity index (χ1v) is 8.28. The van der Waals surface area contributed by atoms with Crippen molar-refractivity contribution in [3.05, 3.63) is 83.9 Å². The average Bonchev–Trinajstić information content (AvgIpc) is 3.00. The lowest BCUT2D eigenvalue weighted by molar-refractivity contribution is 0.673. The van der Waals surface area contributed by atoms with Crippen molar-refractivity contribution in [3.8, 4) is 11.1 Å². The maximum atomic E-state index is 6.36. The summed E-state index contributed by atoms with van der Waals surface area (Å²) in [5.74, 6) is 0. The zero-order valence-corrected chi connectivity index (χ0v) is 13.5. The number of fused-ring (bicyclic) bond motifs is 5. The third kappa shape index (κ3) is 1.95. The lowest BCUT2D eigenvalue weighted by Gasteiger charge is -2.05. The minimum atomic E-state index is 0.685. The number of rotatable bonds is 1. The van der Waals surface area contributed by atoms with Crippen LogP contribution in [0, 0.1) is 0 Å². The topological polar surface area (TPSA) is 13.1 Å². The van der Waals surface area contributed by atoms with Crippen LogP contribution < -0.4 is 0 Å². The maximum Gasteiger partial charge on any atom is 0.143 e. The molecule has 0 aliphatic heterocycles. The van der Waals surface area contributed by atoms with Crippen LogP contribution in [0.3, 0.4) is 0 Å². The highest BCUT2D eigenvalue weighted by atomic mass is 35.5. The average molecular weight is 329 g/mol. The van der Waals surface area contributed by atoms with Gasteiger partial charge in [0.2, 0.25) is 0 Å². The molecular weight excluding hydrogens is 316 g/mol. The molecule has 1 nitrogen and oxygen atoms in total. The van der Waals surface area contributed by atoms with Gasteiger partial charge in [-0.1, -0.05) is 72.3 Å². The van der Waals surface area contributed by atoms with E-state index in [0.29, 0.717) is 5.02 Å². The Morgan fingerprint density at radius 2 is 1.50 bits per heavy atom. The predicted octanol–water partition coefficient (Wildman–Crippen LogP) is 7.06. The van der Waals surface area contributed by atoms with E-state index in [1.165, 1.54) is 5.39 Å². The van der Waals surface area contributed by atoms with Gasteiger partial charge in [-0.25, -0.2) is 0 Å². The van der Waals surface area contributed by atoms with E-state index in [-0.39, 0.29) is 0 Å². The lowest BCUT2D eigenvalue weighted by atomic mass is 9.98. The van der Waals surface area contributed by atoms with Crippen molar-refractivity contribution in [2.75, 3.05) is 0 Å². The monoisotopic (exact) mass is 328 g/mol. The summed E-state index contributed by atoms with van der Waals surface area (Å²) in [5, 5.41) is 5.23. The molecule has 0 aliphatic rings. The van der Waals surface area contributed by atoms with Crippen molar-refractivity contribution < 1.29 is 4.42 Å². The Labute approximate surface area is 144 Å². The number of benzene rings is 4. The summed E-state index contributed by atoms with van der Waals surface area (Å²) in [7, 11) is 0. The Bertz CT molecular complexity index is 1200. The zero-order chi connectivity index (χ0) is 16.1. The maximum absolute atomic E-state index is 6.36. The molecule has 0 amide bonds. The van der Waals surface area contributed by atoms with Crippen LogP contribution in [0.25, 0.3) is 43.8 Å². The second-order valence-electron chi connectivity index (χ2n) is 5.96. The van der Waals surface area contributed by atoms with Gasteiger partial charge in [-0.15, -0.1) is 0 Å². The molecular formula is C22H13ClO. The van der Waals surface area contributed by atoms with Crippen LogP contribution in [-0.2, 0) is 0 Å². The van der Waals surface area contributed by atoms with Gasteiger partial charge in [0.25, 0.3) is 0 Å². The largest absolute Gasteiger partial charge is 0.455 e. The molecule has 4 aromatic carbocycles. The number of hydrogen-bond donors (Lipinski definition) is 0. The number of hydrogen-bond acceptors (Lipinski definition) is 1. The van der Waals surface area contributed by atoms with Crippen LogP contribution in [-0.4, -0.2) is 0 Å². The highest BCUT2D eigenvalue weighted by molar-refractivity contribution is 6.32. The first kappa shape index (κ1) is 13.6. The van der Waals surface area contributed by atoms with Gasteiger partial charge in [-0.3, -0.25) is 0 Å². The SMILES string of the molecule is Clc1cc(-c2ccccc2)c2c(c1)oc1c3ccccc3ccc12. The molecule has 2 heteroatoms. The molecule has 0 N–H and O–H groups in total. The molecule has 0 bridgehead atoms. The van der Waals surface area contributed by atoms with Gasteiger partial charge in [0.1, 0.15) is 11.2 Å². The fourth-order valence-electron chi connectivity index (χ4n) is 3.45. The van der Waals surface area contributed by atoms with E-state index in [4.69, 9.17) is 16.0 Å². The summed E-state index contributed by atoms with van der Waals surface area (Å²) in [5.41, 5.74) is 3.99. The van der Waals surface area contributed by atoms with E-state index in [9.17, 15) is 0 Å².